The molecule has 0 saturated heterocycles. The molecule has 0 bridgehead atoms. The molecule has 0 aliphatic heterocycles. The maximum absolute atomic E-state index is 13.2. The molecule has 7 atom stereocenters. The molecule has 4 aliphatic rings. The van der Waals surface area contributed by atoms with Crippen LogP contribution in [0.25, 0.3) is 0 Å². The smallest absolute Gasteiger partial charge is 0.306 e. The van der Waals surface area contributed by atoms with Crippen LogP contribution < -0.4 is 0 Å². The van der Waals surface area contributed by atoms with Gasteiger partial charge in [0.1, 0.15) is 6.10 Å². The van der Waals surface area contributed by atoms with Gasteiger partial charge in [0, 0.05) is 18.8 Å². The maximum atomic E-state index is 13.2. The molecule has 2 fully saturated rings. The summed E-state index contributed by atoms with van der Waals surface area (Å²) in [6, 6.07) is 0. The molecule has 0 heterocycles. The first-order chi connectivity index (χ1) is 16.5. The summed E-state index contributed by atoms with van der Waals surface area (Å²) in [5.74, 6) is 0.727. The van der Waals surface area contributed by atoms with E-state index in [0.717, 1.165) is 51.4 Å². The average Bonchev–Trinajstić information content (AvgIpc) is 3.08. The highest BCUT2D eigenvalue weighted by molar-refractivity contribution is 5.89. The molecule has 5 nitrogen and oxygen atoms in total. The van der Waals surface area contributed by atoms with E-state index in [1.165, 1.54) is 18.1 Å². The van der Waals surface area contributed by atoms with Crippen molar-refractivity contribution < 1.29 is 23.9 Å². The Balaban J connectivity index is 1.64. The summed E-state index contributed by atoms with van der Waals surface area (Å²) < 4.78 is 11.8. The van der Waals surface area contributed by atoms with Gasteiger partial charge in [-0.15, -0.1) is 0 Å². The van der Waals surface area contributed by atoms with E-state index in [2.05, 4.69) is 39.8 Å². The molecule has 5 heteroatoms. The van der Waals surface area contributed by atoms with Gasteiger partial charge < -0.3 is 9.47 Å². The fourth-order valence-electron chi connectivity index (χ4n) is 8.44. The molecule has 2 saturated carbocycles. The van der Waals surface area contributed by atoms with Crippen LogP contribution in [-0.2, 0) is 23.9 Å². The van der Waals surface area contributed by atoms with Gasteiger partial charge in [-0.05, 0) is 93.6 Å². The normalized spacial score (nSPS) is 39.9. The molecule has 0 amide bonds. The third kappa shape index (κ3) is 4.21. The number of carbonyl (C=O) groups is 3. The maximum Gasteiger partial charge on any atom is 0.306 e. The molecule has 0 N–H and O–H groups in total. The number of fused-ring (bicyclic) bond motifs is 5. The molecule has 0 radical (unpaired) electrons. The average molecular weight is 485 g/mol. The van der Waals surface area contributed by atoms with Gasteiger partial charge in [-0.25, -0.2) is 0 Å². The fraction of sp³-hybridized carbons (Fsp3) is 0.767. The van der Waals surface area contributed by atoms with E-state index in [4.69, 9.17) is 9.47 Å². The number of carbonyl (C=O) groups excluding carboxylic acids is 3. The number of hydrogen-bond donors (Lipinski definition) is 0. The first-order valence-corrected chi connectivity index (χ1v) is 13.8. The van der Waals surface area contributed by atoms with Crippen molar-refractivity contribution in [3.63, 3.8) is 0 Å². The minimum atomic E-state index is -1.00. The largest absolute Gasteiger partial charge is 0.458 e. The number of unbranched alkanes of at least 4 members (excludes halogenated alkanes) is 2. The van der Waals surface area contributed by atoms with Gasteiger partial charge in [0.25, 0.3) is 0 Å². The first kappa shape index (κ1) is 26.2. The van der Waals surface area contributed by atoms with E-state index >= 15 is 0 Å². The Bertz CT molecular complexity index is 946. The number of Topliss-reactive ketones (excluding diaryl/α,β-unsaturated/α-hetero) is 1. The van der Waals surface area contributed by atoms with Crippen LogP contribution in [0.3, 0.4) is 0 Å². The Morgan fingerprint density at radius 3 is 2.34 bits per heavy atom. The molecule has 4 aliphatic carbocycles. The fourth-order valence-corrected chi connectivity index (χ4v) is 8.44. The summed E-state index contributed by atoms with van der Waals surface area (Å²) in [5, 5.41) is 0. The van der Waals surface area contributed by atoms with E-state index < -0.39 is 5.60 Å². The monoisotopic (exact) mass is 484 g/mol. The lowest BCUT2D eigenvalue weighted by Gasteiger charge is -2.58. The van der Waals surface area contributed by atoms with E-state index in [1.807, 2.05) is 0 Å². The van der Waals surface area contributed by atoms with Crippen molar-refractivity contribution in [1.29, 1.82) is 0 Å². The number of rotatable bonds is 7. The van der Waals surface area contributed by atoms with Crippen LogP contribution in [0.1, 0.15) is 106 Å². The Labute approximate surface area is 211 Å². The second-order valence-corrected chi connectivity index (χ2v) is 12.1. The Morgan fingerprint density at radius 1 is 0.971 bits per heavy atom. The SMILES string of the molecule is CCCCCC(=O)OC1(C(C)=O)CCC2C3C=C(C)C4=CC(OC(C)=O)CCC4(C)C3CCC21C. The predicted molar refractivity (Wildman–Crippen MR) is 135 cm³/mol. The highest BCUT2D eigenvalue weighted by Gasteiger charge is 2.67. The lowest BCUT2D eigenvalue weighted by atomic mass is 9.47. The van der Waals surface area contributed by atoms with Gasteiger partial charge in [0.2, 0.25) is 0 Å². The molecule has 0 aromatic heterocycles. The highest BCUT2D eigenvalue weighted by atomic mass is 16.6. The van der Waals surface area contributed by atoms with Gasteiger partial charge in [-0.2, -0.15) is 0 Å². The van der Waals surface area contributed by atoms with Gasteiger partial charge in [-0.1, -0.05) is 45.3 Å². The first-order valence-electron chi connectivity index (χ1n) is 13.8. The number of ether oxygens (including phenoxy) is 2. The minimum absolute atomic E-state index is 0.00925. The molecule has 35 heavy (non-hydrogen) atoms. The molecule has 194 valence electrons. The third-order valence-corrected chi connectivity index (χ3v) is 10.2. The van der Waals surface area contributed by atoms with Crippen LogP contribution in [0, 0.1) is 28.6 Å². The van der Waals surface area contributed by atoms with Crippen molar-refractivity contribution in [1.82, 2.24) is 0 Å². The summed E-state index contributed by atoms with van der Waals surface area (Å²) in [6.45, 7) is 12.0. The molecular formula is C30H44O5. The summed E-state index contributed by atoms with van der Waals surface area (Å²) in [6.07, 6.45) is 13.0. The predicted octanol–water partition coefficient (Wildman–Crippen LogP) is 6.50. The van der Waals surface area contributed by atoms with E-state index in [1.54, 1.807) is 6.92 Å². The van der Waals surface area contributed by atoms with E-state index in [0.29, 0.717) is 30.6 Å². The third-order valence-electron chi connectivity index (χ3n) is 10.2. The van der Waals surface area contributed by atoms with Crippen LogP contribution in [-0.4, -0.2) is 29.4 Å². The summed E-state index contributed by atoms with van der Waals surface area (Å²) in [5.41, 5.74) is 1.30. The van der Waals surface area contributed by atoms with Crippen molar-refractivity contribution in [3.8, 4) is 0 Å². The van der Waals surface area contributed by atoms with Gasteiger partial charge in [0.05, 0.1) is 0 Å². The lowest BCUT2D eigenvalue weighted by molar-refractivity contribution is -0.187. The van der Waals surface area contributed by atoms with Gasteiger partial charge in [0.15, 0.2) is 11.4 Å². The Morgan fingerprint density at radius 2 is 1.69 bits per heavy atom. The van der Waals surface area contributed by atoms with Crippen molar-refractivity contribution in [2.75, 3.05) is 0 Å². The molecule has 0 aromatic rings. The summed E-state index contributed by atoms with van der Waals surface area (Å²) in [7, 11) is 0. The number of esters is 2. The van der Waals surface area contributed by atoms with Crippen LogP contribution in [0.4, 0.5) is 0 Å². The molecular weight excluding hydrogens is 440 g/mol. The number of hydrogen-bond acceptors (Lipinski definition) is 5. The topological polar surface area (TPSA) is 69.7 Å². The van der Waals surface area contributed by atoms with E-state index in [-0.39, 0.29) is 34.7 Å². The second-order valence-electron chi connectivity index (χ2n) is 12.1. The molecule has 7 unspecified atom stereocenters. The van der Waals surface area contributed by atoms with E-state index in [9.17, 15) is 14.4 Å². The molecule has 4 rings (SSSR count). The molecule has 0 spiro atoms. The van der Waals surface area contributed by atoms with Crippen molar-refractivity contribution in [2.45, 2.75) is 117 Å². The summed E-state index contributed by atoms with van der Waals surface area (Å²) >= 11 is 0. The second kappa shape index (κ2) is 9.52. The zero-order chi connectivity index (χ0) is 25.6. The lowest BCUT2D eigenvalue weighted by Crippen LogP contribution is -2.58. The van der Waals surface area contributed by atoms with Crippen LogP contribution >= 0.6 is 0 Å². The van der Waals surface area contributed by atoms with Crippen molar-refractivity contribution in [2.24, 2.45) is 28.6 Å². The quantitative estimate of drug-likeness (QED) is 0.305. The van der Waals surface area contributed by atoms with Gasteiger partial charge >= 0.3 is 11.9 Å². The Hall–Kier alpha value is -1.91. The van der Waals surface area contributed by atoms with Crippen LogP contribution in [0.15, 0.2) is 23.3 Å². The van der Waals surface area contributed by atoms with Crippen LogP contribution in [0.2, 0.25) is 0 Å². The zero-order valence-corrected chi connectivity index (χ0v) is 22.6. The summed E-state index contributed by atoms with van der Waals surface area (Å²) in [4.78, 5) is 37.6. The van der Waals surface area contributed by atoms with Crippen molar-refractivity contribution >= 4 is 17.7 Å². The van der Waals surface area contributed by atoms with Crippen molar-refractivity contribution in [3.05, 3.63) is 23.3 Å². The highest BCUT2D eigenvalue weighted by Crippen LogP contribution is 2.68. The van der Waals surface area contributed by atoms with Crippen LogP contribution in [0.5, 0.6) is 0 Å². The molecule has 0 aromatic carbocycles. The number of ketones is 1. The zero-order valence-electron chi connectivity index (χ0n) is 22.6. The Kier molecular flexibility index (Phi) is 7.11. The number of allylic oxidation sites excluding steroid dienone is 3. The minimum Gasteiger partial charge on any atom is -0.458 e. The van der Waals surface area contributed by atoms with Gasteiger partial charge in [-0.3, -0.25) is 14.4 Å². The standard InChI is InChI=1S/C30H44O5/c1-7-8-9-10-27(33)35-30(20(3)31)16-13-25-23-17-19(2)26-18-22(34-21(4)32)11-14-28(26,5)24(23)12-15-29(25,30)6/h17-18,22-25H,7-16H2,1-6H3.